The first kappa shape index (κ1) is 14.4. The quantitative estimate of drug-likeness (QED) is 0.697. The molecule has 1 rings (SSSR count). The van der Waals surface area contributed by atoms with Gasteiger partial charge in [0, 0.05) is 5.02 Å². The van der Waals surface area contributed by atoms with Gasteiger partial charge in [-0.25, -0.2) is 0 Å². The Morgan fingerprint density at radius 1 is 1.12 bits per heavy atom. The highest BCUT2D eigenvalue weighted by atomic mass is 35.5. The zero-order valence-electron chi connectivity index (χ0n) is 11.3. The highest BCUT2D eigenvalue weighted by Crippen LogP contribution is 2.24. The minimum Gasteiger partial charge on any atom is -0.493 e. The predicted molar refractivity (Wildman–Crippen MR) is 74.9 cm³/mol. The summed E-state index contributed by atoms with van der Waals surface area (Å²) in [6, 6.07) is 6.03. The van der Waals surface area contributed by atoms with Crippen molar-refractivity contribution in [2.75, 3.05) is 6.61 Å². The van der Waals surface area contributed by atoms with Crippen LogP contribution in [0.5, 0.6) is 5.75 Å². The Bertz CT molecular complexity index is 345. The Morgan fingerprint density at radius 2 is 1.82 bits per heavy atom. The van der Waals surface area contributed by atoms with Crippen LogP contribution < -0.4 is 4.74 Å². The van der Waals surface area contributed by atoms with Crippen molar-refractivity contribution in [3.8, 4) is 5.75 Å². The Hall–Kier alpha value is -0.690. The fourth-order valence-corrected chi connectivity index (χ4v) is 1.79. The summed E-state index contributed by atoms with van der Waals surface area (Å²) in [7, 11) is 0. The smallest absolute Gasteiger partial charge is 0.120 e. The molecule has 0 saturated heterocycles. The molecule has 1 aromatic rings. The number of ether oxygens (including phenoxy) is 1. The SMILES string of the molecule is CC(C)CCc1ccc(OCC(C)C)cc1Cl. The lowest BCUT2D eigenvalue weighted by atomic mass is 10.0. The summed E-state index contributed by atoms with van der Waals surface area (Å²) < 4.78 is 5.64. The summed E-state index contributed by atoms with van der Waals surface area (Å²) >= 11 is 6.25. The Labute approximate surface area is 110 Å². The molecule has 0 amide bonds. The molecular formula is C15H23ClO. The van der Waals surface area contributed by atoms with Crippen LogP contribution in [-0.4, -0.2) is 6.61 Å². The van der Waals surface area contributed by atoms with Crippen molar-refractivity contribution < 1.29 is 4.74 Å². The van der Waals surface area contributed by atoms with Gasteiger partial charge in [-0.1, -0.05) is 45.4 Å². The van der Waals surface area contributed by atoms with Crippen LogP contribution in [0.3, 0.4) is 0 Å². The number of rotatable bonds is 6. The van der Waals surface area contributed by atoms with E-state index in [0.717, 1.165) is 23.8 Å². The summed E-state index contributed by atoms with van der Waals surface area (Å²) in [6.07, 6.45) is 2.22. The molecule has 2 heteroatoms. The fourth-order valence-electron chi connectivity index (χ4n) is 1.53. The van der Waals surface area contributed by atoms with Gasteiger partial charge in [-0.3, -0.25) is 0 Å². The van der Waals surface area contributed by atoms with Crippen LogP contribution in [0.15, 0.2) is 18.2 Å². The van der Waals surface area contributed by atoms with Gasteiger partial charge >= 0.3 is 0 Å². The molecular weight excluding hydrogens is 232 g/mol. The molecule has 1 aromatic carbocycles. The summed E-state index contributed by atoms with van der Waals surface area (Å²) in [5, 5.41) is 0.826. The number of hydrogen-bond acceptors (Lipinski definition) is 1. The standard InChI is InChI=1S/C15H23ClO/c1-11(2)5-6-13-7-8-14(9-15(13)16)17-10-12(3)4/h7-9,11-12H,5-6,10H2,1-4H3. The molecule has 0 aliphatic carbocycles. The highest BCUT2D eigenvalue weighted by molar-refractivity contribution is 6.31. The molecule has 0 aliphatic heterocycles. The van der Waals surface area contributed by atoms with Crippen molar-refractivity contribution in [3.63, 3.8) is 0 Å². The molecule has 0 aromatic heterocycles. The van der Waals surface area contributed by atoms with Gasteiger partial charge in [-0.2, -0.15) is 0 Å². The van der Waals surface area contributed by atoms with Crippen LogP contribution >= 0.6 is 11.6 Å². The van der Waals surface area contributed by atoms with E-state index in [4.69, 9.17) is 16.3 Å². The number of hydrogen-bond donors (Lipinski definition) is 0. The maximum Gasteiger partial charge on any atom is 0.120 e. The van der Waals surface area contributed by atoms with Gasteiger partial charge in [0.15, 0.2) is 0 Å². The van der Waals surface area contributed by atoms with E-state index in [1.165, 1.54) is 12.0 Å². The normalized spacial score (nSPS) is 11.2. The van der Waals surface area contributed by atoms with E-state index in [9.17, 15) is 0 Å². The van der Waals surface area contributed by atoms with E-state index in [1.807, 2.05) is 12.1 Å². The first-order valence-electron chi connectivity index (χ1n) is 6.40. The van der Waals surface area contributed by atoms with Crippen LogP contribution in [0.4, 0.5) is 0 Å². The van der Waals surface area contributed by atoms with E-state index in [2.05, 4.69) is 33.8 Å². The molecule has 0 aliphatic rings. The second-order valence-electron chi connectivity index (χ2n) is 5.39. The Balaban J connectivity index is 2.59. The minimum absolute atomic E-state index is 0.536. The van der Waals surface area contributed by atoms with Gasteiger partial charge in [0.05, 0.1) is 6.61 Å². The van der Waals surface area contributed by atoms with Gasteiger partial charge < -0.3 is 4.74 Å². The van der Waals surface area contributed by atoms with E-state index in [0.29, 0.717) is 11.8 Å². The summed E-state index contributed by atoms with van der Waals surface area (Å²) in [6.45, 7) is 9.47. The topological polar surface area (TPSA) is 9.23 Å². The highest BCUT2D eigenvalue weighted by Gasteiger charge is 2.04. The zero-order chi connectivity index (χ0) is 12.8. The van der Waals surface area contributed by atoms with Gasteiger partial charge in [0.25, 0.3) is 0 Å². The second-order valence-corrected chi connectivity index (χ2v) is 5.80. The van der Waals surface area contributed by atoms with Gasteiger partial charge in [0.2, 0.25) is 0 Å². The van der Waals surface area contributed by atoms with Crippen molar-refractivity contribution in [2.45, 2.75) is 40.5 Å². The van der Waals surface area contributed by atoms with Crippen molar-refractivity contribution in [1.29, 1.82) is 0 Å². The van der Waals surface area contributed by atoms with Crippen LogP contribution in [0.1, 0.15) is 39.7 Å². The molecule has 0 N–H and O–H groups in total. The number of aryl methyl sites for hydroxylation is 1. The van der Waals surface area contributed by atoms with Crippen LogP contribution in [0.2, 0.25) is 5.02 Å². The summed E-state index contributed by atoms with van der Waals surface area (Å²) in [5.74, 6) is 2.12. The molecule has 0 radical (unpaired) electrons. The van der Waals surface area contributed by atoms with Gasteiger partial charge in [0.1, 0.15) is 5.75 Å². The third-order valence-corrected chi connectivity index (χ3v) is 2.95. The molecule has 0 heterocycles. The average molecular weight is 255 g/mol. The second kappa shape index (κ2) is 6.90. The van der Waals surface area contributed by atoms with Crippen molar-refractivity contribution in [3.05, 3.63) is 28.8 Å². The number of halogens is 1. The lowest BCUT2D eigenvalue weighted by molar-refractivity contribution is 0.271. The molecule has 0 bridgehead atoms. The lowest BCUT2D eigenvalue weighted by Crippen LogP contribution is -2.04. The maximum atomic E-state index is 6.25. The first-order valence-corrected chi connectivity index (χ1v) is 6.78. The number of benzene rings is 1. The van der Waals surface area contributed by atoms with Crippen molar-refractivity contribution in [2.24, 2.45) is 11.8 Å². The van der Waals surface area contributed by atoms with Crippen molar-refractivity contribution in [1.82, 2.24) is 0 Å². The molecule has 17 heavy (non-hydrogen) atoms. The van der Waals surface area contributed by atoms with E-state index in [1.54, 1.807) is 0 Å². The molecule has 0 saturated carbocycles. The molecule has 1 nitrogen and oxygen atoms in total. The third kappa shape index (κ3) is 5.45. The Morgan fingerprint density at radius 3 is 2.35 bits per heavy atom. The molecule has 0 unspecified atom stereocenters. The van der Waals surface area contributed by atoms with Crippen LogP contribution in [0, 0.1) is 11.8 Å². The van der Waals surface area contributed by atoms with Gasteiger partial charge in [-0.15, -0.1) is 0 Å². The van der Waals surface area contributed by atoms with E-state index in [-0.39, 0.29) is 0 Å². The molecule has 96 valence electrons. The maximum absolute atomic E-state index is 6.25. The fraction of sp³-hybridized carbons (Fsp3) is 0.600. The van der Waals surface area contributed by atoms with E-state index < -0.39 is 0 Å². The monoisotopic (exact) mass is 254 g/mol. The van der Waals surface area contributed by atoms with Crippen molar-refractivity contribution >= 4 is 11.6 Å². The lowest BCUT2D eigenvalue weighted by Gasteiger charge is -2.11. The largest absolute Gasteiger partial charge is 0.493 e. The summed E-state index contributed by atoms with van der Waals surface area (Å²) in [4.78, 5) is 0. The summed E-state index contributed by atoms with van der Waals surface area (Å²) in [5.41, 5.74) is 1.22. The average Bonchev–Trinajstić information content (AvgIpc) is 2.24. The molecule has 0 atom stereocenters. The van der Waals surface area contributed by atoms with E-state index >= 15 is 0 Å². The van der Waals surface area contributed by atoms with Gasteiger partial charge in [-0.05, 0) is 42.4 Å². The third-order valence-electron chi connectivity index (χ3n) is 2.60. The molecule has 0 fully saturated rings. The van der Waals surface area contributed by atoms with Crippen LogP contribution in [0.25, 0.3) is 0 Å². The minimum atomic E-state index is 0.536. The first-order chi connectivity index (χ1) is 7.99. The van der Waals surface area contributed by atoms with Crippen LogP contribution in [-0.2, 0) is 6.42 Å². The zero-order valence-corrected chi connectivity index (χ0v) is 12.1. The predicted octanol–water partition coefficient (Wildman–Crippen LogP) is 4.96. The Kier molecular flexibility index (Phi) is 5.84. The molecule has 0 spiro atoms.